The van der Waals surface area contributed by atoms with Crippen molar-refractivity contribution in [3.63, 3.8) is 0 Å². The predicted octanol–water partition coefficient (Wildman–Crippen LogP) is 1.46. The monoisotopic (exact) mass is 302 g/mol. The molecule has 0 radical (unpaired) electrons. The van der Waals surface area contributed by atoms with E-state index in [1.165, 1.54) is 3.57 Å². The second-order valence-electron chi connectivity index (χ2n) is 3.13. The largest absolute Gasteiger partial charge is 0.338 e. The number of nitrogens with zero attached hydrogens (tertiary/aromatic N) is 4. The van der Waals surface area contributed by atoms with E-state index in [2.05, 4.69) is 32.7 Å². The number of rotatable bonds is 3. The van der Waals surface area contributed by atoms with E-state index in [4.69, 9.17) is 0 Å². The molecule has 2 aromatic heterocycles. The van der Waals surface area contributed by atoms with Crippen molar-refractivity contribution in [3.8, 4) is 0 Å². The molecule has 0 unspecified atom stereocenters. The van der Waals surface area contributed by atoms with E-state index in [1.54, 1.807) is 0 Å². The van der Waals surface area contributed by atoms with Crippen molar-refractivity contribution in [2.45, 2.75) is 13.0 Å². The van der Waals surface area contributed by atoms with Crippen LogP contribution in [0, 0.1) is 3.57 Å². The number of hydrogen-bond donors (Lipinski definition) is 0. The number of imidazole rings is 1. The van der Waals surface area contributed by atoms with Gasteiger partial charge in [-0.1, -0.05) is 0 Å². The zero-order valence-corrected chi connectivity index (χ0v) is 10.0. The number of aryl methyl sites for hydroxylation is 3. The number of hydrogen-bond acceptors (Lipinski definition) is 2. The first-order chi connectivity index (χ1) is 6.75. The van der Waals surface area contributed by atoms with Crippen LogP contribution in [0.1, 0.15) is 5.82 Å². The standard InChI is InChI=1S/C9H11IN4/c1-13-5-3-11-9(13)2-4-14-7-8(10)6-12-14/h3,5-7H,2,4H2,1H3. The van der Waals surface area contributed by atoms with Gasteiger partial charge in [0.05, 0.1) is 9.77 Å². The summed E-state index contributed by atoms with van der Waals surface area (Å²) in [7, 11) is 2.01. The fourth-order valence-corrected chi connectivity index (χ4v) is 1.76. The van der Waals surface area contributed by atoms with E-state index in [-0.39, 0.29) is 0 Å². The normalized spacial score (nSPS) is 10.7. The summed E-state index contributed by atoms with van der Waals surface area (Å²) in [4.78, 5) is 4.26. The molecule has 74 valence electrons. The molecule has 4 nitrogen and oxygen atoms in total. The molecular formula is C9H11IN4. The highest BCUT2D eigenvalue weighted by molar-refractivity contribution is 14.1. The summed E-state index contributed by atoms with van der Waals surface area (Å²) in [6.07, 6.45) is 8.59. The van der Waals surface area contributed by atoms with Gasteiger partial charge in [-0.3, -0.25) is 4.68 Å². The summed E-state index contributed by atoms with van der Waals surface area (Å²) in [5, 5.41) is 4.22. The zero-order chi connectivity index (χ0) is 9.97. The lowest BCUT2D eigenvalue weighted by atomic mass is 10.4. The maximum atomic E-state index is 4.26. The minimum absolute atomic E-state index is 0.883. The molecule has 0 saturated heterocycles. The molecule has 0 N–H and O–H groups in total. The van der Waals surface area contributed by atoms with Gasteiger partial charge in [-0.25, -0.2) is 4.98 Å². The minimum atomic E-state index is 0.883. The van der Waals surface area contributed by atoms with Gasteiger partial charge in [0.15, 0.2) is 0 Å². The van der Waals surface area contributed by atoms with Crippen molar-refractivity contribution in [2.75, 3.05) is 0 Å². The Morgan fingerprint density at radius 1 is 1.50 bits per heavy atom. The van der Waals surface area contributed by atoms with Crippen molar-refractivity contribution < 1.29 is 0 Å². The Bertz CT molecular complexity index is 418. The fraction of sp³-hybridized carbons (Fsp3) is 0.333. The Morgan fingerprint density at radius 2 is 2.36 bits per heavy atom. The average molecular weight is 302 g/mol. The first-order valence-electron chi connectivity index (χ1n) is 4.40. The molecule has 0 bridgehead atoms. The molecule has 0 fully saturated rings. The highest BCUT2D eigenvalue weighted by Crippen LogP contribution is 2.03. The van der Waals surface area contributed by atoms with Gasteiger partial charge in [0.2, 0.25) is 0 Å². The minimum Gasteiger partial charge on any atom is -0.338 e. The smallest absolute Gasteiger partial charge is 0.110 e. The summed E-state index contributed by atoms with van der Waals surface area (Å²) >= 11 is 2.26. The van der Waals surface area contributed by atoms with Crippen LogP contribution in [0.2, 0.25) is 0 Å². The molecule has 2 aromatic rings. The van der Waals surface area contributed by atoms with Crippen molar-refractivity contribution in [1.82, 2.24) is 19.3 Å². The maximum absolute atomic E-state index is 4.26. The van der Waals surface area contributed by atoms with E-state index in [0.717, 1.165) is 18.8 Å². The molecule has 0 aliphatic carbocycles. The lowest BCUT2D eigenvalue weighted by Crippen LogP contribution is -2.05. The summed E-state index contributed by atoms with van der Waals surface area (Å²) in [6, 6.07) is 0. The van der Waals surface area contributed by atoms with Crippen molar-refractivity contribution in [2.24, 2.45) is 7.05 Å². The molecule has 0 atom stereocenters. The van der Waals surface area contributed by atoms with Gasteiger partial charge < -0.3 is 4.57 Å². The summed E-state index contributed by atoms with van der Waals surface area (Å²) in [6.45, 7) is 0.883. The second kappa shape index (κ2) is 4.12. The molecule has 0 amide bonds. The van der Waals surface area contributed by atoms with Crippen LogP contribution in [0.5, 0.6) is 0 Å². The van der Waals surface area contributed by atoms with E-state index >= 15 is 0 Å². The van der Waals surface area contributed by atoms with Gasteiger partial charge in [-0.05, 0) is 22.6 Å². The zero-order valence-electron chi connectivity index (χ0n) is 7.89. The Kier molecular flexibility index (Phi) is 2.85. The molecule has 0 aromatic carbocycles. The van der Waals surface area contributed by atoms with Crippen molar-refractivity contribution in [3.05, 3.63) is 34.2 Å². The average Bonchev–Trinajstić information content (AvgIpc) is 2.72. The highest BCUT2D eigenvalue weighted by Gasteiger charge is 2.00. The SMILES string of the molecule is Cn1ccnc1CCn1cc(I)cn1. The highest BCUT2D eigenvalue weighted by atomic mass is 127. The van der Waals surface area contributed by atoms with Gasteiger partial charge in [-0.2, -0.15) is 5.10 Å². The lowest BCUT2D eigenvalue weighted by Gasteiger charge is -2.01. The van der Waals surface area contributed by atoms with Gasteiger partial charge in [0.1, 0.15) is 5.82 Å². The van der Waals surface area contributed by atoms with Crippen LogP contribution in [-0.4, -0.2) is 19.3 Å². The lowest BCUT2D eigenvalue weighted by molar-refractivity contribution is 0.589. The van der Waals surface area contributed by atoms with Crippen molar-refractivity contribution in [1.29, 1.82) is 0 Å². The fourth-order valence-electron chi connectivity index (χ4n) is 1.31. The van der Waals surface area contributed by atoms with E-state index in [9.17, 15) is 0 Å². The van der Waals surface area contributed by atoms with Crippen LogP contribution in [0.15, 0.2) is 24.8 Å². The number of halogens is 1. The Hall–Kier alpha value is -0.850. The van der Waals surface area contributed by atoms with Crippen LogP contribution in [0.4, 0.5) is 0 Å². The second-order valence-corrected chi connectivity index (χ2v) is 4.37. The summed E-state index contributed by atoms with van der Waals surface area (Å²) in [5.41, 5.74) is 0. The van der Waals surface area contributed by atoms with Crippen LogP contribution in [0.25, 0.3) is 0 Å². The van der Waals surface area contributed by atoms with E-state index in [1.807, 2.05) is 41.1 Å². The predicted molar refractivity (Wildman–Crippen MR) is 61.9 cm³/mol. The van der Waals surface area contributed by atoms with Gasteiger partial charge in [0.25, 0.3) is 0 Å². The Labute approximate surface area is 96.1 Å². The summed E-state index contributed by atoms with van der Waals surface area (Å²) < 4.78 is 5.15. The van der Waals surface area contributed by atoms with Crippen molar-refractivity contribution >= 4 is 22.6 Å². The molecule has 0 aliphatic heterocycles. The maximum Gasteiger partial charge on any atom is 0.110 e. The quantitative estimate of drug-likeness (QED) is 0.805. The molecule has 14 heavy (non-hydrogen) atoms. The molecular weight excluding hydrogens is 291 g/mol. The Balaban J connectivity index is 1.98. The topological polar surface area (TPSA) is 35.6 Å². The van der Waals surface area contributed by atoms with Crippen LogP contribution >= 0.6 is 22.6 Å². The molecule has 2 heterocycles. The van der Waals surface area contributed by atoms with Gasteiger partial charge in [-0.15, -0.1) is 0 Å². The van der Waals surface area contributed by atoms with Gasteiger partial charge >= 0.3 is 0 Å². The summed E-state index contributed by atoms with van der Waals surface area (Å²) in [5.74, 6) is 1.09. The molecule has 0 spiro atoms. The van der Waals surface area contributed by atoms with E-state index in [0.29, 0.717) is 0 Å². The Morgan fingerprint density at radius 3 is 2.93 bits per heavy atom. The molecule has 5 heteroatoms. The molecule has 0 saturated carbocycles. The van der Waals surface area contributed by atoms with Crippen LogP contribution in [-0.2, 0) is 20.0 Å². The third-order valence-corrected chi connectivity index (χ3v) is 2.64. The first kappa shape index (κ1) is 9.70. The van der Waals surface area contributed by atoms with E-state index < -0.39 is 0 Å². The third-order valence-electron chi connectivity index (χ3n) is 2.09. The first-order valence-corrected chi connectivity index (χ1v) is 5.48. The van der Waals surface area contributed by atoms with Crippen LogP contribution in [0.3, 0.4) is 0 Å². The number of aromatic nitrogens is 4. The van der Waals surface area contributed by atoms with Gasteiger partial charge in [0, 0.05) is 38.6 Å². The third kappa shape index (κ3) is 2.14. The molecule has 2 rings (SSSR count). The molecule has 0 aliphatic rings. The van der Waals surface area contributed by atoms with Crippen LogP contribution < -0.4 is 0 Å².